The number of allylic oxidation sites excluding steroid dienone is 20. The van der Waals surface area contributed by atoms with E-state index in [1.807, 2.05) is 0 Å². The number of hydrogen-bond donors (Lipinski definition) is 0. The van der Waals surface area contributed by atoms with E-state index in [0.717, 1.165) is 122 Å². The summed E-state index contributed by atoms with van der Waals surface area (Å²) in [5.74, 6) is -0.893. The quantitative estimate of drug-likeness (QED) is 0.0261. The minimum Gasteiger partial charge on any atom is -0.462 e. The first-order chi connectivity index (χ1) is 39.5. The number of unbranched alkanes of at least 4 members (excludes halogenated alkanes) is 29. The van der Waals surface area contributed by atoms with Crippen LogP contribution in [-0.2, 0) is 28.6 Å². The Kier molecular flexibility index (Phi) is 63.8. The largest absolute Gasteiger partial charge is 0.462 e. The highest BCUT2D eigenvalue weighted by Crippen LogP contribution is 2.16. The Morgan fingerprint density at radius 1 is 0.263 bits per heavy atom. The minimum absolute atomic E-state index is 0.0810. The van der Waals surface area contributed by atoms with Crippen LogP contribution in [0.2, 0.25) is 0 Å². The van der Waals surface area contributed by atoms with Crippen LogP contribution in [0.5, 0.6) is 0 Å². The van der Waals surface area contributed by atoms with Gasteiger partial charge < -0.3 is 14.2 Å². The molecule has 0 aromatic carbocycles. The van der Waals surface area contributed by atoms with Gasteiger partial charge >= 0.3 is 17.9 Å². The predicted molar refractivity (Wildman–Crippen MR) is 348 cm³/mol. The molecule has 6 nitrogen and oxygen atoms in total. The van der Waals surface area contributed by atoms with Crippen LogP contribution >= 0.6 is 0 Å². The molecule has 0 aliphatic carbocycles. The van der Waals surface area contributed by atoms with Crippen molar-refractivity contribution in [2.45, 2.75) is 316 Å². The van der Waals surface area contributed by atoms with Gasteiger partial charge in [0.25, 0.3) is 0 Å². The lowest BCUT2D eigenvalue weighted by Crippen LogP contribution is -2.30. The third-order valence-electron chi connectivity index (χ3n) is 14.2. The van der Waals surface area contributed by atoms with Crippen molar-refractivity contribution in [3.8, 4) is 0 Å². The SMILES string of the molecule is CC/C=C\C/C=C\C/C=C\C/C=C\C/C=C\C/C=C\C/C=C\C/C=C\C/C=C\CCCCCCCCCC(=O)OCC(COC(=O)CCCCCCCCCC)OC(=O)CCCCCCCCCCC/C=C\CCCCCCCC. The molecule has 0 radical (unpaired) electrons. The zero-order valence-corrected chi connectivity index (χ0v) is 52.3. The van der Waals surface area contributed by atoms with Crippen molar-refractivity contribution in [3.05, 3.63) is 122 Å². The highest BCUT2D eigenvalue weighted by atomic mass is 16.6. The summed E-state index contributed by atoms with van der Waals surface area (Å²) >= 11 is 0. The van der Waals surface area contributed by atoms with Crippen molar-refractivity contribution in [2.75, 3.05) is 13.2 Å². The maximum Gasteiger partial charge on any atom is 0.306 e. The fraction of sp³-hybridized carbons (Fsp3) is 0.689. The molecule has 0 aromatic heterocycles. The summed E-state index contributed by atoms with van der Waals surface area (Å²) in [4.78, 5) is 38.2. The Hall–Kier alpha value is -4.19. The summed E-state index contributed by atoms with van der Waals surface area (Å²) in [6.07, 6.45) is 93.7. The van der Waals surface area contributed by atoms with Crippen molar-refractivity contribution in [1.29, 1.82) is 0 Å². The molecular weight excluding hydrogens is 985 g/mol. The molecule has 6 heteroatoms. The predicted octanol–water partition coefficient (Wildman–Crippen LogP) is 23.2. The van der Waals surface area contributed by atoms with Gasteiger partial charge in [0.15, 0.2) is 6.10 Å². The number of carbonyl (C=O) groups is 3. The summed E-state index contributed by atoms with van der Waals surface area (Å²) in [6, 6.07) is 0. The van der Waals surface area contributed by atoms with Crippen LogP contribution < -0.4 is 0 Å². The molecule has 0 spiro atoms. The van der Waals surface area contributed by atoms with Gasteiger partial charge in [-0.15, -0.1) is 0 Å². The Balaban J connectivity index is 4.17. The van der Waals surface area contributed by atoms with E-state index in [1.165, 1.54) is 148 Å². The van der Waals surface area contributed by atoms with Crippen LogP contribution in [0.3, 0.4) is 0 Å². The smallest absolute Gasteiger partial charge is 0.306 e. The fourth-order valence-electron chi connectivity index (χ4n) is 9.20. The molecule has 0 aliphatic heterocycles. The summed E-state index contributed by atoms with van der Waals surface area (Å²) in [5.41, 5.74) is 0. The zero-order chi connectivity index (χ0) is 57.8. The molecule has 80 heavy (non-hydrogen) atoms. The normalized spacial score (nSPS) is 12.9. The van der Waals surface area contributed by atoms with E-state index in [0.29, 0.717) is 19.3 Å². The molecule has 1 unspecified atom stereocenters. The van der Waals surface area contributed by atoms with Crippen LogP contribution in [0.25, 0.3) is 0 Å². The van der Waals surface area contributed by atoms with Gasteiger partial charge in [-0.3, -0.25) is 14.4 Å². The number of ether oxygens (including phenoxy) is 3. The Morgan fingerprint density at radius 2 is 0.487 bits per heavy atom. The maximum atomic E-state index is 12.9. The van der Waals surface area contributed by atoms with E-state index in [2.05, 4.69) is 142 Å². The molecule has 1 atom stereocenters. The van der Waals surface area contributed by atoms with Crippen LogP contribution in [-0.4, -0.2) is 37.2 Å². The second kappa shape index (κ2) is 67.3. The Morgan fingerprint density at radius 3 is 0.775 bits per heavy atom. The molecule has 0 aromatic rings. The standard InChI is InChI=1S/C74H124O6/c1-4-7-10-13-16-19-21-23-25-27-29-30-31-32-33-34-35-36-37-38-39-40-41-42-43-44-46-47-49-51-53-55-58-61-64-67-73(76)79-70-71(69-78-72(75)66-63-60-57-18-15-12-9-6-3)80-74(77)68-65-62-59-56-54-52-50-48-45-28-26-24-22-20-17-14-11-8-5-2/h7,10,16,19,23-26,29-30,32-33,35-36,38-39,41-42,44,46,71H,4-6,8-9,11-15,17-18,20-22,27-28,31,34,37,40,43,45,47-70H2,1-3H3/b10-7-,19-16-,25-23-,26-24-,30-29-,33-32-,36-35-,39-38-,42-41-,46-44-. The lowest BCUT2D eigenvalue weighted by Gasteiger charge is -2.18. The zero-order valence-electron chi connectivity index (χ0n) is 52.3. The van der Waals surface area contributed by atoms with E-state index in [4.69, 9.17) is 14.2 Å². The molecule has 0 rings (SSSR count). The first-order valence-electron chi connectivity index (χ1n) is 33.5. The topological polar surface area (TPSA) is 78.9 Å². The molecule has 456 valence electrons. The highest BCUT2D eigenvalue weighted by molar-refractivity contribution is 5.71. The second-order valence-electron chi connectivity index (χ2n) is 22.0. The van der Waals surface area contributed by atoms with Gasteiger partial charge in [0.1, 0.15) is 13.2 Å². The molecule has 0 fully saturated rings. The van der Waals surface area contributed by atoms with Gasteiger partial charge in [0, 0.05) is 19.3 Å². The lowest BCUT2D eigenvalue weighted by atomic mass is 10.1. The summed E-state index contributed by atoms with van der Waals surface area (Å²) < 4.78 is 16.9. The average molecular weight is 1110 g/mol. The number of esters is 3. The third kappa shape index (κ3) is 64.6. The van der Waals surface area contributed by atoms with Crippen molar-refractivity contribution >= 4 is 17.9 Å². The van der Waals surface area contributed by atoms with Gasteiger partial charge in [0.2, 0.25) is 0 Å². The highest BCUT2D eigenvalue weighted by Gasteiger charge is 2.19. The fourth-order valence-corrected chi connectivity index (χ4v) is 9.20. The first-order valence-corrected chi connectivity index (χ1v) is 33.5. The van der Waals surface area contributed by atoms with Crippen molar-refractivity contribution < 1.29 is 28.6 Å². The van der Waals surface area contributed by atoms with Gasteiger partial charge in [0.05, 0.1) is 0 Å². The molecule has 0 heterocycles. The van der Waals surface area contributed by atoms with Crippen LogP contribution in [0, 0.1) is 0 Å². The first kappa shape index (κ1) is 75.8. The van der Waals surface area contributed by atoms with Gasteiger partial charge in [-0.05, 0) is 116 Å². The van der Waals surface area contributed by atoms with Crippen LogP contribution in [0.1, 0.15) is 310 Å². The Bertz CT molecular complexity index is 1650. The van der Waals surface area contributed by atoms with Crippen LogP contribution in [0.4, 0.5) is 0 Å². The third-order valence-corrected chi connectivity index (χ3v) is 14.2. The molecule has 0 saturated carbocycles. The Labute approximate surface area is 494 Å². The van der Waals surface area contributed by atoms with Gasteiger partial charge in [-0.25, -0.2) is 0 Å². The van der Waals surface area contributed by atoms with E-state index >= 15 is 0 Å². The summed E-state index contributed by atoms with van der Waals surface area (Å²) in [6.45, 7) is 6.50. The molecular formula is C74H124O6. The van der Waals surface area contributed by atoms with E-state index < -0.39 is 6.10 Å². The average Bonchev–Trinajstić information content (AvgIpc) is 3.46. The van der Waals surface area contributed by atoms with Crippen molar-refractivity contribution in [2.24, 2.45) is 0 Å². The van der Waals surface area contributed by atoms with E-state index in [1.54, 1.807) is 0 Å². The molecule has 0 amide bonds. The van der Waals surface area contributed by atoms with Gasteiger partial charge in [-0.2, -0.15) is 0 Å². The lowest BCUT2D eigenvalue weighted by molar-refractivity contribution is -0.167. The molecule has 0 bridgehead atoms. The van der Waals surface area contributed by atoms with Crippen LogP contribution in [0.15, 0.2) is 122 Å². The number of rotatable bonds is 60. The minimum atomic E-state index is -0.783. The molecule has 0 saturated heterocycles. The number of hydrogen-bond acceptors (Lipinski definition) is 6. The molecule has 0 N–H and O–H groups in total. The summed E-state index contributed by atoms with van der Waals surface area (Å²) in [5, 5.41) is 0. The summed E-state index contributed by atoms with van der Waals surface area (Å²) in [7, 11) is 0. The second-order valence-corrected chi connectivity index (χ2v) is 22.0. The maximum absolute atomic E-state index is 12.9. The van der Waals surface area contributed by atoms with Crippen molar-refractivity contribution in [1.82, 2.24) is 0 Å². The van der Waals surface area contributed by atoms with Crippen molar-refractivity contribution in [3.63, 3.8) is 0 Å². The van der Waals surface area contributed by atoms with Gasteiger partial charge in [-0.1, -0.05) is 296 Å². The van der Waals surface area contributed by atoms with E-state index in [-0.39, 0.29) is 31.1 Å². The van der Waals surface area contributed by atoms with E-state index in [9.17, 15) is 14.4 Å². The molecule has 0 aliphatic rings. The number of carbonyl (C=O) groups excluding carboxylic acids is 3. The monoisotopic (exact) mass is 1110 g/mol.